The maximum absolute atomic E-state index is 11.8. The number of amides is 1. The van der Waals surface area contributed by atoms with E-state index in [2.05, 4.69) is 14.9 Å². The molecule has 5 nitrogen and oxygen atoms in total. The number of hydrogen-bond acceptors (Lipinski definition) is 4. The van der Waals surface area contributed by atoms with Gasteiger partial charge in [0.1, 0.15) is 12.1 Å². The Labute approximate surface area is 126 Å². The largest absolute Gasteiger partial charge is 0.353 e. The summed E-state index contributed by atoms with van der Waals surface area (Å²) in [4.78, 5) is 23.7. The summed E-state index contributed by atoms with van der Waals surface area (Å²) in [6, 6.07) is 1.91. The smallest absolute Gasteiger partial charge is 0.274 e. The minimum Gasteiger partial charge on any atom is -0.353 e. The highest BCUT2D eigenvalue weighted by Crippen LogP contribution is 2.29. The summed E-state index contributed by atoms with van der Waals surface area (Å²) >= 11 is 16.8. The van der Waals surface area contributed by atoms with E-state index in [0.717, 1.165) is 11.5 Å². The molecule has 0 aromatic carbocycles. The number of anilines is 1. The number of halogens is 3. The van der Waals surface area contributed by atoms with Gasteiger partial charge in [0.05, 0.1) is 0 Å². The molecule has 0 aliphatic carbocycles. The fraction of sp³-hybridized carbons (Fsp3) is 0.545. The van der Waals surface area contributed by atoms with Crippen LogP contribution in [-0.4, -0.2) is 50.7 Å². The standard InChI is InChI=1S/C11H13Cl3N4O/c1-8-6-9(16-7-15-8)17-2-4-18(5-3-17)10(19)11(12,13)14/h6-7H,2-5H2,1H3. The van der Waals surface area contributed by atoms with Crippen molar-refractivity contribution in [2.45, 2.75) is 10.7 Å². The molecular formula is C11H13Cl3N4O. The number of aromatic nitrogens is 2. The lowest BCUT2D eigenvalue weighted by molar-refractivity contribution is -0.130. The number of carbonyl (C=O) groups is 1. The molecule has 1 saturated heterocycles. The average molecular weight is 324 g/mol. The van der Waals surface area contributed by atoms with Gasteiger partial charge in [-0.2, -0.15) is 0 Å². The highest BCUT2D eigenvalue weighted by atomic mass is 35.6. The summed E-state index contributed by atoms with van der Waals surface area (Å²) in [5, 5.41) is 0. The zero-order valence-corrected chi connectivity index (χ0v) is 12.6. The van der Waals surface area contributed by atoms with Gasteiger partial charge in [-0.25, -0.2) is 9.97 Å². The van der Waals surface area contributed by atoms with Gasteiger partial charge < -0.3 is 9.80 Å². The molecule has 1 aliphatic rings. The molecule has 1 fully saturated rings. The van der Waals surface area contributed by atoms with Crippen molar-refractivity contribution < 1.29 is 4.79 Å². The Kier molecular flexibility index (Phi) is 4.38. The summed E-state index contributed by atoms with van der Waals surface area (Å²) in [6.07, 6.45) is 1.53. The average Bonchev–Trinajstić information content (AvgIpc) is 2.37. The van der Waals surface area contributed by atoms with E-state index in [1.807, 2.05) is 13.0 Å². The second-order valence-corrected chi connectivity index (χ2v) is 6.58. The quantitative estimate of drug-likeness (QED) is 0.740. The first-order valence-corrected chi connectivity index (χ1v) is 6.91. The van der Waals surface area contributed by atoms with Crippen LogP contribution in [0, 0.1) is 6.92 Å². The predicted molar refractivity (Wildman–Crippen MR) is 75.9 cm³/mol. The fourth-order valence-corrected chi connectivity index (χ4v) is 2.29. The van der Waals surface area contributed by atoms with Gasteiger partial charge in [-0.05, 0) is 6.92 Å². The van der Waals surface area contributed by atoms with E-state index in [0.29, 0.717) is 26.2 Å². The number of aryl methyl sites for hydroxylation is 1. The molecule has 0 radical (unpaired) electrons. The van der Waals surface area contributed by atoms with Gasteiger partial charge in [-0.3, -0.25) is 4.79 Å². The third-order valence-electron chi connectivity index (χ3n) is 2.92. The summed E-state index contributed by atoms with van der Waals surface area (Å²) in [5.74, 6) is 0.379. The Morgan fingerprint density at radius 3 is 2.37 bits per heavy atom. The molecule has 0 N–H and O–H groups in total. The van der Waals surface area contributed by atoms with Crippen molar-refractivity contribution in [1.82, 2.24) is 14.9 Å². The number of nitrogens with zero attached hydrogens (tertiary/aromatic N) is 4. The fourth-order valence-electron chi connectivity index (χ4n) is 1.93. The highest BCUT2D eigenvalue weighted by molar-refractivity contribution is 6.76. The SMILES string of the molecule is Cc1cc(N2CCN(C(=O)C(Cl)(Cl)Cl)CC2)ncn1. The molecule has 0 saturated carbocycles. The van der Waals surface area contributed by atoms with Gasteiger partial charge in [0.2, 0.25) is 0 Å². The van der Waals surface area contributed by atoms with Crippen molar-refractivity contribution in [2.75, 3.05) is 31.1 Å². The normalized spacial score (nSPS) is 16.6. The summed E-state index contributed by atoms with van der Waals surface area (Å²) in [5.41, 5.74) is 0.907. The van der Waals surface area contributed by atoms with E-state index in [4.69, 9.17) is 34.8 Å². The van der Waals surface area contributed by atoms with Crippen LogP contribution in [0.25, 0.3) is 0 Å². The van der Waals surface area contributed by atoms with Gasteiger partial charge in [-0.1, -0.05) is 34.8 Å². The molecule has 1 aliphatic heterocycles. The van der Waals surface area contributed by atoms with Crippen LogP contribution in [-0.2, 0) is 4.79 Å². The first-order chi connectivity index (χ1) is 8.88. The molecule has 0 unspecified atom stereocenters. The molecule has 1 aromatic heterocycles. The van der Waals surface area contributed by atoms with Crippen LogP contribution in [0.4, 0.5) is 5.82 Å². The zero-order valence-electron chi connectivity index (χ0n) is 10.3. The molecule has 2 heterocycles. The van der Waals surface area contributed by atoms with Crippen molar-refractivity contribution in [3.63, 3.8) is 0 Å². The van der Waals surface area contributed by atoms with E-state index in [-0.39, 0.29) is 0 Å². The lowest BCUT2D eigenvalue weighted by Crippen LogP contribution is -2.52. The van der Waals surface area contributed by atoms with Crippen LogP contribution in [0.1, 0.15) is 5.69 Å². The Bertz CT molecular complexity index is 469. The van der Waals surface area contributed by atoms with Gasteiger partial charge in [0, 0.05) is 37.9 Å². The number of carbonyl (C=O) groups excluding carboxylic acids is 1. The van der Waals surface area contributed by atoms with Crippen molar-refractivity contribution in [2.24, 2.45) is 0 Å². The van der Waals surface area contributed by atoms with Crippen LogP contribution in [0.3, 0.4) is 0 Å². The minimum atomic E-state index is -1.88. The molecule has 19 heavy (non-hydrogen) atoms. The Morgan fingerprint density at radius 1 is 1.21 bits per heavy atom. The minimum absolute atomic E-state index is 0.476. The molecule has 8 heteroatoms. The zero-order chi connectivity index (χ0) is 14.0. The molecule has 0 spiro atoms. The molecule has 1 aromatic rings. The van der Waals surface area contributed by atoms with E-state index < -0.39 is 9.70 Å². The number of hydrogen-bond donors (Lipinski definition) is 0. The van der Waals surface area contributed by atoms with Crippen LogP contribution in [0.5, 0.6) is 0 Å². The Morgan fingerprint density at radius 2 is 1.84 bits per heavy atom. The predicted octanol–water partition coefficient (Wildman–Crippen LogP) is 1.80. The molecule has 0 bridgehead atoms. The van der Waals surface area contributed by atoms with E-state index in [1.54, 1.807) is 4.90 Å². The summed E-state index contributed by atoms with van der Waals surface area (Å²) < 4.78 is -1.88. The topological polar surface area (TPSA) is 49.3 Å². The lowest BCUT2D eigenvalue weighted by Gasteiger charge is -2.36. The first kappa shape index (κ1) is 14.6. The number of alkyl halides is 3. The third kappa shape index (κ3) is 3.61. The van der Waals surface area contributed by atoms with Crippen LogP contribution < -0.4 is 4.90 Å². The van der Waals surface area contributed by atoms with Crippen molar-refractivity contribution in [1.29, 1.82) is 0 Å². The summed E-state index contributed by atoms with van der Waals surface area (Å²) in [6.45, 7) is 4.24. The maximum atomic E-state index is 11.8. The summed E-state index contributed by atoms with van der Waals surface area (Å²) in [7, 11) is 0. The van der Waals surface area contributed by atoms with E-state index in [1.165, 1.54) is 6.33 Å². The van der Waals surface area contributed by atoms with Crippen molar-refractivity contribution >= 4 is 46.5 Å². The Hall–Kier alpha value is -0.780. The first-order valence-electron chi connectivity index (χ1n) is 5.77. The van der Waals surface area contributed by atoms with Gasteiger partial charge >= 0.3 is 0 Å². The molecular weight excluding hydrogens is 311 g/mol. The van der Waals surface area contributed by atoms with E-state index >= 15 is 0 Å². The molecule has 0 atom stereocenters. The molecule has 104 valence electrons. The Balaban J connectivity index is 1.98. The van der Waals surface area contributed by atoms with Gasteiger partial charge in [0.15, 0.2) is 0 Å². The third-order valence-corrected chi connectivity index (χ3v) is 3.41. The van der Waals surface area contributed by atoms with Crippen molar-refractivity contribution in [3.8, 4) is 0 Å². The second kappa shape index (κ2) is 5.69. The van der Waals surface area contributed by atoms with Crippen LogP contribution >= 0.6 is 34.8 Å². The van der Waals surface area contributed by atoms with Gasteiger partial charge in [-0.15, -0.1) is 0 Å². The van der Waals surface area contributed by atoms with Crippen LogP contribution in [0.2, 0.25) is 0 Å². The second-order valence-electron chi connectivity index (χ2n) is 4.29. The lowest BCUT2D eigenvalue weighted by atomic mass is 10.3. The molecule has 2 rings (SSSR count). The van der Waals surface area contributed by atoms with Crippen LogP contribution in [0.15, 0.2) is 12.4 Å². The van der Waals surface area contributed by atoms with Gasteiger partial charge in [0.25, 0.3) is 9.70 Å². The number of rotatable bonds is 1. The van der Waals surface area contributed by atoms with Crippen molar-refractivity contribution in [3.05, 3.63) is 18.1 Å². The highest BCUT2D eigenvalue weighted by Gasteiger charge is 2.36. The van der Waals surface area contributed by atoms with E-state index in [9.17, 15) is 4.79 Å². The molecule has 1 amide bonds. The number of piperazine rings is 1. The maximum Gasteiger partial charge on any atom is 0.274 e. The monoisotopic (exact) mass is 322 g/mol.